The van der Waals surface area contributed by atoms with Crippen molar-refractivity contribution in [3.8, 4) is 0 Å². The Morgan fingerprint density at radius 2 is 1.79 bits per heavy atom. The number of aromatic nitrogens is 1. The Kier molecular flexibility index (Phi) is 9.39. The van der Waals surface area contributed by atoms with E-state index in [4.69, 9.17) is 9.84 Å². The van der Waals surface area contributed by atoms with Crippen LogP contribution in [0.15, 0.2) is 6.20 Å². The van der Waals surface area contributed by atoms with E-state index < -0.39 is 29.6 Å². The lowest BCUT2D eigenvalue weighted by Crippen LogP contribution is -2.39. The van der Waals surface area contributed by atoms with Gasteiger partial charge in [-0.2, -0.15) is 0 Å². The number of hydrogen-bond donors (Lipinski definition) is 4. The van der Waals surface area contributed by atoms with E-state index in [1.54, 1.807) is 6.20 Å². The van der Waals surface area contributed by atoms with Crippen molar-refractivity contribution >= 4 is 41.4 Å². The summed E-state index contributed by atoms with van der Waals surface area (Å²) < 4.78 is 5.95. The molecule has 9 nitrogen and oxygen atoms in total. The third-order valence-corrected chi connectivity index (χ3v) is 7.42. The first-order valence-electron chi connectivity index (χ1n) is 11.2. The van der Waals surface area contributed by atoms with E-state index in [1.807, 2.05) is 27.7 Å². The summed E-state index contributed by atoms with van der Waals surface area (Å²) in [6.07, 6.45) is 2.48. The second kappa shape index (κ2) is 11.6. The molecule has 1 amide bonds. The van der Waals surface area contributed by atoms with Gasteiger partial charge in [-0.15, -0.1) is 11.8 Å². The number of aliphatic carboxylic acids is 2. The van der Waals surface area contributed by atoms with E-state index in [0.29, 0.717) is 17.1 Å². The molecule has 0 radical (unpaired) electrons. The van der Waals surface area contributed by atoms with Crippen molar-refractivity contribution in [3.05, 3.63) is 17.3 Å². The number of carboxylic acids is 2. The number of ether oxygens (including phenoxy) is 1. The first-order chi connectivity index (χ1) is 15.4. The van der Waals surface area contributed by atoms with Crippen LogP contribution in [0.25, 0.3) is 0 Å². The Bertz CT molecular complexity index is 870. The Balaban J connectivity index is 2.06. The minimum Gasteiger partial charge on any atom is -0.481 e. The minimum atomic E-state index is -1.13. The van der Waals surface area contributed by atoms with E-state index in [0.717, 1.165) is 30.2 Å². The molecule has 2 rings (SSSR count). The number of thioether (sulfide) groups is 1. The Morgan fingerprint density at radius 1 is 1.18 bits per heavy atom. The van der Waals surface area contributed by atoms with Crippen LogP contribution in [0, 0.1) is 17.8 Å². The fraction of sp³-hybridized carbons (Fsp3) is 0.652. The van der Waals surface area contributed by atoms with Gasteiger partial charge < -0.3 is 25.3 Å². The summed E-state index contributed by atoms with van der Waals surface area (Å²) in [6, 6.07) is 0. The van der Waals surface area contributed by atoms with Gasteiger partial charge in [0.1, 0.15) is 22.7 Å². The fourth-order valence-corrected chi connectivity index (χ4v) is 5.72. The van der Waals surface area contributed by atoms with Gasteiger partial charge in [0.15, 0.2) is 0 Å². The average molecular weight is 483 g/mol. The summed E-state index contributed by atoms with van der Waals surface area (Å²) in [6.45, 7) is 9.30. The van der Waals surface area contributed by atoms with Gasteiger partial charge in [-0.05, 0) is 47.8 Å². The van der Waals surface area contributed by atoms with Crippen molar-refractivity contribution in [2.45, 2.75) is 71.2 Å². The topological polar surface area (TPSA) is 146 Å². The lowest BCUT2D eigenvalue weighted by atomic mass is 9.75. The second-order valence-electron chi connectivity index (χ2n) is 9.25. The summed E-state index contributed by atoms with van der Waals surface area (Å²) in [5.41, 5.74) is 1.11. The SMILES string of the molecule is CC(=O)Nc1[nH]cc(C(C)C)c1C(=O)OC1C(C)CC(CSC(CC(=O)O)C(=O)O)CC1C. The number of nitrogens with one attached hydrogen (secondary N) is 2. The number of hydrogen-bond acceptors (Lipinski definition) is 6. The first-order valence-corrected chi connectivity index (χ1v) is 12.2. The molecule has 33 heavy (non-hydrogen) atoms. The van der Waals surface area contributed by atoms with Gasteiger partial charge in [0.25, 0.3) is 0 Å². The van der Waals surface area contributed by atoms with E-state index in [2.05, 4.69) is 10.3 Å². The second-order valence-corrected chi connectivity index (χ2v) is 10.5. The van der Waals surface area contributed by atoms with Crippen molar-refractivity contribution in [2.75, 3.05) is 11.1 Å². The Hall–Kier alpha value is -2.49. The number of carbonyl (C=O) groups excluding carboxylic acids is 2. The smallest absolute Gasteiger partial charge is 0.342 e. The summed E-state index contributed by atoms with van der Waals surface area (Å²) in [4.78, 5) is 49.9. The first kappa shape index (κ1) is 26.8. The molecule has 0 aromatic carbocycles. The summed E-state index contributed by atoms with van der Waals surface area (Å²) >= 11 is 1.16. The molecular formula is C23H34N2O7S. The predicted octanol–water partition coefficient (Wildman–Crippen LogP) is 3.97. The third-order valence-electron chi connectivity index (χ3n) is 5.98. The highest BCUT2D eigenvalue weighted by atomic mass is 32.2. The zero-order valence-corrected chi connectivity index (χ0v) is 20.5. The number of anilines is 1. The summed E-state index contributed by atoms with van der Waals surface area (Å²) in [7, 11) is 0. The van der Waals surface area contributed by atoms with Gasteiger partial charge in [-0.3, -0.25) is 14.4 Å². The van der Waals surface area contributed by atoms with Gasteiger partial charge >= 0.3 is 17.9 Å². The number of H-pyrrole nitrogens is 1. The molecule has 10 heteroatoms. The molecule has 4 N–H and O–H groups in total. The number of esters is 1. The average Bonchev–Trinajstić information content (AvgIpc) is 3.10. The molecule has 1 saturated carbocycles. The molecule has 3 unspecified atom stereocenters. The number of amides is 1. The molecule has 0 aliphatic heterocycles. The molecule has 184 valence electrons. The lowest BCUT2D eigenvalue weighted by Gasteiger charge is -2.38. The molecule has 0 spiro atoms. The molecule has 1 heterocycles. The number of carboxylic acid groups (broad SMARTS) is 2. The van der Waals surface area contributed by atoms with Crippen LogP contribution in [0.4, 0.5) is 5.82 Å². The highest BCUT2D eigenvalue weighted by Crippen LogP contribution is 2.39. The molecule has 1 aliphatic carbocycles. The standard InChI is InChI=1S/C23H34N2O7S/c1-11(2)16-9-24-21(25-14(5)26)19(16)23(31)32-20-12(3)6-15(7-13(20)4)10-33-17(22(29)30)8-18(27)28/h9,11-13,15,17,20,24H,6-8,10H2,1-5H3,(H,25,26)(H,27,28)(H,29,30). The van der Waals surface area contributed by atoms with Crippen molar-refractivity contribution in [1.82, 2.24) is 4.98 Å². The minimum absolute atomic E-state index is 0.0525. The van der Waals surface area contributed by atoms with E-state index in [9.17, 15) is 24.3 Å². The number of rotatable bonds is 10. The van der Waals surface area contributed by atoms with Gasteiger partial charge in [0.05, 0.1) is 6.42 Å². The molecule has 1 aromatic heterocycles. The third kappa shape index (κ3) is 7.25. The Morgan fingerprint density at radius 3 is 2.27 bits per heavy atom. The van der Waals surface area contributed by atoms with Crippen LogP contribution in [0.1, 0.15) is 75.7 Å². The van der Waals surface area contributed by atoms with Gasteiger partial charge in [0.2, 0.25) is 5.91 Å². The number of carbonyl (C=O) groups is 4. The molecule has 3 atom stereocenters. The Labute approximate surface area is 198 Å². The maximum absolute atomic E-state index is 13.1. The van der Waals surface area contributed by atoms with Crippen LogP contribution >= 0.6 is 11.8 Å². The van der Waals surface area contributed by atoms with Crippen molar-refractivity contribution < 1.29 is 34.1 Å². The highest BCUT2D eigenvalue weighted by Gasteiger charge is 2.37. The van der Waals surface area contributed by atoms with E-state index >= 15 is 0 Å². The van der Waals surface area contributed by atoms with Crippen LogP contribution in [0.5, 0.6) is 0 Å². The molecule has 1 aromatic rings. The van der Waals surface area contributed by atoms with Gasteiger partial charge in [-0.1, -0.05) is 27.7 Å². The largest absolute Gasteiger partial charge is 0.481 e. The lowest BCUT2D eigenvalue weighted by molar-refractivity contribution is -0.142. The molecule has 0 saturated heterocycles. The normalized spacial score (nSPS) is 23.7. The predicted molar refractivity (Wildman–Crippen MR) is 126 cm³/mol. The maximum atomic E-state index is 13.1. The van der Waals surface area contributed by atoms with Crippen LogP contribution in [-0.4, -0.2) is 56.1 Å². The molecule has 0 bridgehead atoms. The zero-order chi connectivity index (χ0) is 24.9. The monoisotopic (exact) mass is 482 g/mol. The van der Waals surface area contributed by atoms with Gasteiger partial charge in [0, 0.05) is 13.1 Å². The fourth-order valence-electron chi connectivity index (χ4n) is 4.54. The van der Waals surface area contributed by atoms with Crippen molar-refractivity contribution in [1.29, 1.82) is 0 Å². The maximum Gasteiger partial charge on any atom is 0.342 e. The zero-order valence-electron chi connectivity index (χ0n) is 19.7. The molecule has 1 fully saturated rings. The molecule has 1 aliphatic rings. The van der Waals surface area contributed by atoms with E-state index in [1.165, 1.54) is 6.92 Å². The highest BCUT2D eigenvalue weighted by molar-refractivity contribution is 8.00. The number of aromatic amines is 1. The van der Waals surface area contributed by atoms with Crippen LogP contribution < -0.4 is 5.32 Å². The van der Waals surface area contributed by atoms with Crippen molar-refractivity contribution in [3.63, 3.8) is 0 Å². The van der Waals surface area contributed by atoms with Crippen LogP contribution in [0.3, 0.4) is 0 Å². The molecular weight excluding hydrogens is 448 g/mol. The van der Waals surface area contributed by atoms with Gasteiger partial charge in [-0.25, -0.2) is 4.79 Å². The van der Waals surface area contributed by atoms with E-state index in [-0.39, 0.29) is 35.7 Å². The quantitative estimate of drug-likeness (QED) is 0.367. The van der Waals surface area contributed by atoms with Crippen LogP contribution in [0.2, 0.25) is 0 Å². The summed E-state index contributed by atoms with van der Waals surface area (Å²) in [5, 5.41) is 19.9. The summed E-state index contributed by atoms with van der Waals surface area (Å²) in [5.74, 6) is -1.77. The van der Waals surface area contributed by atoms with Crippen molar-refractivity contribution in [2.24, 2.45) is 17.8 Å². The van der Waals surface area contributed by atoms with Crippen LogP contribution in [-0.2, 0) is 19.1 Å².